The summed E-state index contributed by atoms with van der Waals surface area (Å²) < 4.78 is 26.2. The van der Waals surface area contributed by atoms with Gasteiger partial charge in [0.1, 0.15) is 0 Å². The van der Waals surface area contributed by atoms with Crippen LogP contribution in [0.1, 0.15) is 46.0 Å². The highest BCUT2D eigenvalue weighted by atomic mass is 32.2. The van der Waals surface area contributed by atoms with Crippen molar-refractivity contribution in [2.45, 2.75) is 69.7 Å². The number of aliphatic hydroxyl groups is 1. The number of nitrogens with zero attached hydrogens (tertiary/aromatic N) is 4. The Bertz CT molecular complexity index is 1440. The summed E-state index contributed by atoms with van der Waals surface area (Å²) in [6.45, 7) is 6.51. The largest absolute Gasteiger partial charge is 0.390 e. The summed E-state index contributed by atoms with van der Waals surface area (Å²) in [5.41, 5.74) is 3.56. The smallest absolute Gasteiger partial charge is 0.322 e. The van der Waals surface area contributed by atoms with Gasteiger partial charge in [-0.25, -0.2) is 13.2 Å². The van der Waals surface area contributed by atoms with E-state index in [-0.39, 0.29) is 24.2 Å². The van der Waals surface area contributed by atoms with E-state index in [1.165, 1.54) is 6.26 Å². The monoisotopic (exact) mass is 593 g/mol. The molecule has 0 spiro atoms. The maximum atomic E-state index is 13.7. The molecule has 8 rings (SSSR count). The molecule has 0 radical (unpaired) electrons. The van der Waals surface area contributed by atoms with Crippen LogP contribution in [0.5, 0.6) is 0 Å². The third kappa shape index (κ3) is 4.85. The molecule has 4 bridgehead atoms. The third-order valence-corrected chi connectivity index (χ3v) is 12.0. The number of hydrogen-bond donors (Lipinski definition) is 2. The Morgan fingerprint density at radius 1 is 0.881 bits per heavy atom. The number of nitrogens with one attached hydrogen (secondary N) is 1. The van der Waals surface area contributed by atoms with E-state index in [1.54, 1.807) is 4.31 Å². The van der Waals surface area contributed by atoms with Crippen molar-refractivity contribution in [2.24, 2.45) is 17.8 Å². The highest BCUT2D eigenvalue weighted by Gasteiger charge is 2.55. The van der Waals surface area contributed by atoms with Crippen LogP contribution in [-0.4, -0.2) is 80.0 Å². The van der Waals surface area contributed by atoms with Gasteiger partial charge in [-0.1, -0.05) is 12.1 Å². The van der Waals surface area contributed by atoms with Crippen molar-refractivity contribution in [1.29, 1.82) is 0 Å². The zero-order valence-corrected chi connectivity index (χ0v) is 25.6. The molecule has 10 heteroatoms. The van der Waals surface area contributed by atoms with Crippen molar-refractivity contribution in [3.05, 3.63) is 48.5 Å². The fourth-order valence-corrected chi connectivity index (χ4v) is 10.7. The average Bonchev–Trinajstić information content (AvgIpc) is 2.92. The van der Waals surface area contributed by atoms with Gasteiger partial charge in [0.15, 0.2) is 0 Å². The summed E-state index contributed by atoms with van der Waals surface area (Å²) in [4.78, 5) is 20.1. The summed E-state index contributed by atoms with van der Waals surface area (Å²) >= 11 is 0. The normalized spacial score (nSPS) is 34.4. The second-order valence-electron chi connectivity index (χ2n) is 13.7. The molecule has 9 nitrogen and oxygen atoms in total. The molecule has 2 N–H and O–H groups in total. The molecule has 1 saturated heterocycles. The van der Waals surface area contributed by atoms with Gasteiger partial charge in [-0.2, -0.15) is 4.31 Å². The van der Waals surface area contributed by atoms with E-state index >= 15 is 0 Å². The highest BCUT2D eigenvalue weighted by molar-refractivity contribution is 7.88. The Balaban J connectivity index is 1.06. The maximum absolute atomic E-state index is 13.7. The van der Waals surface area contributed by atoms with Crippen molar-refractivity contribution >= 4 is 38.8 Å². The molecule has 0 aromatic heterocycles. The Morgan fingerprint density at radius 3 is 2.07 bits per heavy atom. The van der Waals surface area contributed by atoms with Crippen LogP contribution in [0.4, 0.5) is 27.5 Å². The lowest BCUT2D eigenvalue weighted by atomic mass is 9.52. The Hall–Kier alpha value is -2.82. The summed E-state index contributed by atoms with van der Waals surface area (Å²) in [5, 5.41) is 14.4. The second-order valence-corrected chi connectivity index (χ2v) is 15.6. The first-order chi connectivity index (χ1) is 20.0. The van der Waals surface area contributed by atoms with Crippen molar-refractivity contribution in [1.82, 2.24) is 9.62 Å². The van der Waals surface area contributed by atoms with E-state index in [0.717, 1.165) is 54.9 Å². The molecular formula is C32H43N5O4S. The number of fused-ring (bicyclic) bond motifs is 1. The molecule has 2 amide bonds. The number of para-hydroxylation sites is 2. The van der Waals surface area contributed by atoms with E-state index in [2.05, 4.69) is 45.4 Å². The fraction of sp³-hybridized carbons (Fsp3) is 0.594. The van der Waals surface area contributed by atoms with Gasteiger partial charge in [-0.3, -0.25) is 4.90 Å². The number of piperazine rings is 1. The third-order valence-electron chi connectivity index (χ3n) is 10.5. The summed E-state index contributed by atoms with van der Waals surface area (Å²) in [6, 6.07) is 16.5. The van der Waals surface area contributed by atoms with Crippen LogP contribution < -0.4 is 20.0 Å². The van der Waals surface area contributed by atoms with Crippen molar-refractivity contribution in [2.75, 3.05) is 47.1 Å². The maximum Gasteiger partial charge on any atom is 0.322 e. The van der Waals surface area contributed by atoms with Gasteiger partial charge in [0.05, 0.1) is 23.2 Å². The molecule has 5 fully saturated rings. The number of benzene rings is 2. The number of rotatable bonds is 4. The molecule has 2 aromatic rings. The molecule has 7 atom stereocenters. The first-order valence-electron chi connectivity index (χ1n) is 15.5. The topological polar surface area (TPSA) is 96.4 Å². The van der Waals surface area contributed by atoms with Crippen LogP contribution in [0.25, 0.3) is 0 Å². The molecule has 6 aliphatic rings. The molecule has 2 heterocycles. The number of anilines is 4. The fourth-order valence-electron chi connectivity index (χ4n) is 9.29. The molecule has 226 valence electrons. The zero-order chi connectivity index (χ0) is 29.4. The Morgan fingerprint density at radius 2 is 1.48 bits per heavy atom. The molecule has 4 aliphatic carbocycles. The van der Waals surface area contributed by atoms with Crippen LogP contribution in [-0.2, 0) is 10.0 Å². The minimum Gasteiger partial charge on any atom is -0.390 e. The van der Waals surface area contributed by atoms with Crippen LogP contribution in [0, 0.1) is 17.8 Å². The van der Waals surface area contributed by atoms with Crippen molar-refractivity contribution in [3.63, 3.8) is 0 Å². The number of carbonyl (C=O) groups excluding carboxylic acids is 1. The minimum absolute atomic E-state index is 0.0293. The summed E-state index contributed by atoms with van der Waals surface area (Å²) in [6.07, 6.45) is 6.10. The van der Waals surface area contributed by atoms with Crippen LogP contribution >= 0.6 is 0 Å². The number of amides is 2. The molecule has 2 aromatic carbocycles. The second kappa shape index (κ2) is 10.1. The molecule has 4 saturated carbocycles. The lowest BCUT2D eigenvalue weighted by Crippen LogP contribution is -2.63. The molecule has 42 heavy (non-hydrogen) atoms. The minimum atomic E-state index is -3.25. The van der Waals surface area contributed by atoms with Gasteiger partial charge in [0, 0.05) is 55.7 Å². The molecule has 5 unspecified atom stereocenters. The Kier molecular flexibility index (Phi) is 6.75. The number of sulfonamides is 1. The predicted octanol–water partition coefficient (Wildman–Crippen LogP) is 4.15. The zero-order valence-electron chi connectivity index (χ0n) is 24.8. The highest BCUT2D eigenvalue weighted by Crippen LogP contribution is 2.55. The Labute approximate surface area is 249 Å². The van der Waals surface area contributed by atoms with E-state index < -0.39 is 15.6 Å². The van der Waals surface area contributed by atoms with Gasteiger partial charge < -0.3 is 20.2 Å². The van der Waals surface area contributed by atoms with Gasteiger partial charge in [-0.05, 0) is 100 Å². The molecular weight excluding hydrogens is 550 g/mol. The molecule has 2 aliphatic heterocycles. The number of carbonyl (C=O) groups is 1. The van der Waals surface area contributed by atoms with Crippen molar-refractivity contribution in [3.8, 4) is 0 Å². The standard InChI is InChI=1S/C32H43N5O4S/c1-21-19-34(20-22(2)37(21)42(3,40)41)26-8-10-27(11-9-26)35-12-13-36(29-7-5-4-6-28(29)35)31(38)33-30-24-14-23-15-25(30)18-32(39,16-23)17-24/h4-11,21-25,30,39H,12-20H2,1-3H3,(H,33,38)/t21?,22?,23?,24-,25+,30?,32?. The van der Waals surface area contributed by atoms with Gasteiger partial charge >= 0.3 is 6.03 Å². The van der Waals surface area contributed by atoms with Crippen molar-refractivity contribution < 1.29 is 18.3 Å². The van der Waals surface area contributed by atoms with Crippen LogP contribution in [0.3, 0.4) is 0 Å². The van der Waals surface area contributed by atoms with Gasteiger partial charge in [-0.15, -0.1) is 0 Å². The lowest BCUT2D eigenvalue weighted by Gasteiger charge is -2.58. The quantitative estimate of drug-likeness (QED) is 0.553. The lowest BCUT2D eigenvalue weighted by molar-refractivity contribution is -0.136. The number of hydrogen-bond acceptors (Lipinski definition) is 6. The van der Waals surface area contributed by atoms with Crippen LogP contribution in [0.15, 0.2) is 48.5 Å². The average molecular weight is 594 g/mol. The summed E-state index contributed by atoms with van der Waals surface area (Å²) in [5.74, 6) is 1.36. The van der Waals surface area contributed by atoms with E-state index in [4.69, 9.17) is 0 Å². The van der Waals surface area contributed by atoms with E-state index in [9.17, 15) is 18.3 Å². The first kappa shape index (κ1) is 28.0. The van der Waals surface area contributed by atoms with Gasteiger partial charge in [0.25, 0.3) is 0 Å². The van der Waals surface area contributed by atoms with Crippen LogP contribution in [0.2, 0.25) is 0 Å². The van der Waals surface area contributed by atoms with Gasteiger partial charge in [0.2, 0.25) is 10.0 Å². The van der Waals surface area contributed by atoms with E-state index in [0.29, 0.717) is 43.9 Å². The summed E-state index contributed by atoms with van der Waals surface area (Å²) in [7, 11) is -3.25. The first-order valence-corrected chi connectivity index (χ1v) is 17.3. The predicted molar refractivity (Wildman–Crippen MR) is 166 cm³/mol. The number of urea groups is 1. The SMILES string of the molecule is CC1CN(c2ccc(N3CCN(C(=O)NC4[C@@H]5CC6C[C@H]4CC(O)(C6)C5)c4ccccc43)cc2)CC(C)N1S(C)(=O)=O. The van der Waals surface area contributed by atoms with E-state index in [1.807, 2.05) is 36.9 Å².